The Morgan fingerprint density at radius 1 is 0.370 bits per heavy atom. The van der Waals surface area contributed by atoms with Gasteiger partial charge in [0.05, 0.1) is 22.4 Å². The summed E-state index contributed by atoms with van der Waals surface area (Å²) in [5.41, 5.74) is 14.2. The lowest BCUT2D eigenvalue weighted by molar-refractivity contribution is 0.590. The highest BCUT2D eigenvalue weighted by molar-refractivity contribution is 5.86. The van der Waals surface area contributed by atoms with E-state index in [1.165, 1.54) is 5.56 Å². The number of fused-ring (bicyclic) bond motifs is 1. The van der Waals surface area contributed by atoms with Crippen LogP contribution in [0.5, 0.6) is 0 Å². The minimum Gasteiger partial charge on any atom is -0.292 e. The Hall–Kier alpha value is -6.78. The van der Waals surface area contributed by atoms with E-state index in [-0.39, 0.29) is 5.41 Å². The van der Waals surface area contributed by atoms with E-state index in [9.17, 15) is 0 Å². The van der Waals surface area contributed by atoms with E-state index in [2.05, 4.69) is 206 Å². The number of hydrogen-bond acceptors (Lipinski definition) is 2. The van der Waals surface area contributed by atoms with Crippen molar-refractivity contribution in [2.45, 2.75) is 26.2 Å². The molecule has 0 bridgehead atoms. The zero-order valence-corrected chi connectivity index (χ0v) is 30.7. The molecule has 2 heterocycles. The lowest BCUT2D eigenvalue weighted by Gasteiger charge is -2.20. The van der Waals surface area contributed by atoms with E-state index in [1.54, 1.807) is 0 Å². The maximum Gasteiger partial charge on any atom is 0.145 e. The van der Waals surface area contributed by atoms with Crippen molar-refractivity contribution < 1.29 is 0 Å². The normalized spacial score (nSPS) is 11.6. The number of hydrogen-bond donors (Lipinski definition) is 0. The second-order valence-corrected chi connectivity index (χ2v) is 14.7. The van der Waals surface area contributed by atoms with Crippen LogP contribution in [0.25, 0.3) is 78.8 Å². The summed E-state index contributed by atoms with van der Waals surface area (Å²) >= 11 is 0. The van der Waals surface area contributed by atoms with Crippen LogP contribution in [-0.2, 0) is 5.41 Å². The number of imidazole rings is 2. The van der Waals surface area contributed by atoms with E-state index < -0.39 is 0 Å². The maximum atomic E-state index is 5.43. The van der Waals surface area contributed by atoms with Gasteiger partial charge in [-0.3, -0.25) is 9.13 Å². The van der Waals surface area contributed by atoms with Gasteiger partial charge in [-0.25, -0.2) is 9.97 Å². The van der Waals surface area contributed by atoms with Crippen molar-refractivity contribution in [3.8, 4) is 67.8 Å². The molecule has 0 saturated heterocycles. The fourth-order valence-electron chi connectivity index (χ4n) is 7.32. The van der Waals surface area contributed by atoms with E-state index in [0.29, 0.717) is 0 Å². The van der Waals surface area contributed by atoms with Crippen molar-refractivity contribution in [1.29, 1.82) is 0 Å². The van der Waals surface area contributed by atoms with Crippen molar-refractivity contribution in [3.63, 3.8) is 0 Å². The van der Waals surface area contributed by atoms with Crippen LogP contribution < -0.4 is 0 Å². The summed E-state index contributed by atoms with van der Waals surface area (Å²) < 4.78 is 4.57. The molecule has 0 spiro atoms. The lowest BCUT2D eigenvalue weighted by Crippen LogP contribution is -2.11. The van der Waals surface area contributed by atoms with Crippen LogP contribution in [-0.4, -0.2) is 19.1 Å². The number of aromatic nitrogens is 4. The molecule has 0 fully saturated rings. The van der Waals surface area contributed by atoms with Crippen molar-refractivity contribution in [1.82, 2.24) is 19.1 Å². The summed E-state index contributed by atoms with van der Waals surface area (Å²) in [5.74, 6) is 1.83. The number of benzene rings is 7. The molecule has 2 aromatic heterocycles. The van der Waals surface area contributed by atoms with Gasteiger partial charge in [-0.1, -0.05) is 172 Å². The van der Waals surface area contributed by atoms with Gasteiger partial charge in [0.25, 0.3) is 0 Å². The molecule has 9 rings (SSSR count). The maximum absolute atomic E-state index is 5.43. The number of nitrogens with zero attached hydrogens (tertiary/aromatic N) is 4. The third-order valence-corrected chi connectivity index (χ3v) is 10.2. The molecule has 0 radical (unpaired) electrons. The van der Waals surface area contributed by atoms with Gasteiger partial charge in [-0.2, -0.15) is 0 Å². The highest BCUT2D eigenvalue weighted by atomic mass is 15.1. The molecule has 4 heteroatoms. The van der Waals surface area contributed by atoms with E-state index in [1.807, 2.05) is 12.1 Å². The minimum absolute atomic E-state index is 0.0542. The standard InChI is InChI=1S/C50H40N4/c1-50(2,3)41-31-33-43(34-32-41)54-47(38-17-9-5-10-18-38)46(37-15-7-4-8-16-37)52-49(54)40-29-25-36(26-30-40)35-23-27-39(28-24-35)48-51-44-21-13-14-22-45(44)53(48)42-19-11-6-12-20-42/h4-34H,1-3H3. The first-order chi connectivity index (χ1) is 26.4. The molecule has 0 aliphatic carbocycles. The first kappa shape index (κ1) is 33.1. The quantitative estimate of drug-likeness (QED) is 0.166. The van der Waals surface area contributed by atoms with E-state index in [0.717, 1.165) is 78.8 Å². The Morgan fingerprint density at radius 3 is 1.41 bits per heavy atom. The molecule has 9 aromatic rings. The van der Waals surface area contributed by atoms with Crippen molar-refractivity contribution in [3.05, 3.63) is 194 Å². The van der Waals surface area contributed by atoms with E-state index >= 15 is 0 Å². The Bertz CT molecular complexity index is 2680. The summed E-state index contributed by atoms with van der Waals surface area (Å²) in [5, 5.41) is 0. The third-order valence-electron chi connectivity index (χ3n) is 10.2. The fraction of sp³-hybridized carbons (Fsp3) is 0.0800. The summed E-state index contributed by atoms with van der Waals surface area (Å²) in [6, 6.07) is 66.4. The van der Waals surface area contributed by atoms with Crippen LogP contribution >= 0.6 is 0 Å². The number of para-hydroxylation sites is 3. The molecular formula is C50H40N4. The fourth-order valence-corrected chi connectivity index (χ4v) is 7.32. The average molecular weight is 697 g/mol. The van der Waals surface area contributed by atoms with Crippen LogP contribution in [0, 0.1) is 0 Å². The smallest absolute Gasteiger partial charge is 0.145 e. The van der Waals surface area contributed by atoms with Crippen molar-refractivity contribution >= 4 is 11.0 Å². The van der Waals surface area contributed by atoms with Crippen LogP contribution in [0.15, 0.2) is 188 Å². The topological polar surface area (TPSA) is 35.6 Å². The second-order valence-electron chi connectivity index (χ2n) is 14.7. The Labute approximate surface area is 316 Å². The zero-order valence-electron chi connectivity index (χ0n) is 30.7. The molecule has 54 heavy (non-hydrogen) atoms. The third kappa shape index (κ3) is 6.12. The molecule has 0 aliphatic heterocycles. The van der Waals surface area contributed by atoms with E-state index in [4.69, 9.17) is 9.97 Å². The largest absolute Gasteiger partial charge is 0.292 e. The zero-order chi connectivity index (χ0) is 36.6. The highest BCUT2D eigenvalue weighted by Gasteiger charge is 2.23. The molecule has 7 aromatic carbocycles. The summed E-state index contributed by atoms with van der Waals surface area (Å²) in [6.07, 6.45) is 0. The van der Waals surface area contributed by atoms with Gasteiger partial charge in [0, 0.05) is 33.6 Å². The summed E-state index contributed by atoms with van der Waals surface area (Å²) in [7, 11) is 0. The molecule has 0 aliphatic rings. The second kappa shape index (κ2) is 13.6. The Kier molecular flexibility index (Phi) is 8.36. The van der Waals surface area contributed by atoms with Gasteiger partial charge >= 0.3 is 0 Å². The van der Waals surface area contributed by atoms with Crippen molar-refractivity contribution in [2.24, 2.45) is 0 Å². The molecule has 0 unspecified atom stereocenters. The summed E-state index contributed by atoms with van der Waals surface area (Å²) in [6.45, 7) is 6.76. The van der Waals surface area contributed by atoms with Crippen LogP contribution in [0.3, 0.4) is 0 Å². The van der Waals surface area contributed by atoms with Crippen molar-refractivity contribution in [2.75, 3.05) is 0 Å². The first-order valence-corrected chi connectivity index (χ1v) is 18.5. The van der Waals surface area contributed by atoms with Gasteiger partial charge in [-0.15, -0.1) is 0 Å². The molecular weight excluding hydrogens is 657 g/mol. The Balaban J connectivity index is 1.13. The lowest BCUT2D eigenvalue weighted by atomic mass is 9.87. The van der Waals surface area contributed by atoms with Gasteiger partial charge in [0.2, 0.25) is 0 Å². The molecule has 0 atom stereocenters. The monoisotopic (exact) mass is 696 g/mol. The predicted octanol–water partition coefficient (Wildman–Crippen LogP) is 12.8. The van der Waals surface area contributed by atoms with Crippen LogP contribution in [0.2, 0.25) is 0 Å². The van der Waals surface area contributed by atoms with Crippen LogP contribution in [0.1, 0.15) is 26.3 Å². The predicted molar refractivity (Wildman–Crippen MR) is 224 cm³/mol. The molecule has 4 nitrogen and oxygen atoms in total. The van der Waals surface area contributed by atoms with Gasteiger partial charge in [0.1, 0.15) is 11.6 Å². The number of rotatable bonds is 7. The van der Waals surface area contributed by atoms with Crippen LogP contribution in [0.4, 0.5) is 0 Å². The van der Waals surface area contributed by atoms with Gasteiger partial charge in [0.15, 0.2) is 0 Å². The van der Waals surface area contributed by atoms with Gasteiger partial charge in [-0.05, 0) is 58.5 Å². The highest BCUT2D eigenvalue weighted by Crippen LogP contribution is 2.40. The summed E-state index contributed by atoms with van der Waals surface area (Å²) in [4.78, 5) is 10.5. The molecule has 0 N–H and O–H groups in total. The molecule has 260 valence electrons. The van der Waals surface area contributed by atoms with Gasteiger partial charge < -0.3 is 0 Å². The SMILES string of the molecule is CC(C)(C)c1ccc(-n2c(-c3ccc(-c4ccc(-c5nc6ccccc6n5-c5ccccc5)cc4)cc3)nc(-c3ccccc3)c2-c2ccccc2)cc1. The average Bonchev–Trinajstić information content (AvgIpc) is 3.82. The minimum atomic E-state index is 0.0542. The Morgan fingerprint density at radius 2 is 0.833 bits per heavy atom. The molecule has 0 amide bonds. The first-order valence-electron chi connectivity index (χ1n) is 18.5. The molecule has 0 saturated carbocycles.